The predicted octanol–water partition coefficient (Wildman–Crippen LogP) is 0.461. The summed E-state index contributed by atoms with van der Waals surface area (Å²) in [4.78, 5) is 22.7. The largest absolute Gasteiger partial charge is 0.364 e. The summed E-state index contributed by atoms with van der Waals surface area (Å²) in [7, 11) is 0. The monoisotopic (exact) mass is 266 g/mol. The lowest BCUT2D eigenvalue weighted by Crippen LogP contribution is -2.36. The maximum absolute atomic E-state index is 11.7. The fourth-order valence-electron chi connectivity index (χ4n) is 2.02. The van der Waals surface area contributed by atoms with Gasteiger partial charge in [-0.25, -0.2) is 4.79 Å². The second kappa shape index (κ2) is 4.87. The van der Waals surface area contributed by atoms with E-state index in [4.69, 9.17) is 5.73 Å². The van der Waals surface area contributed by atoms with Crippen molar-refractivity contribution in [2.75, 3.05) is 11.9 Å². The molecule has 1 saturated carbocycles. The van der Waals surface area contributed by atoms with Gasteiger partial charge < -0.3 is 11.1 Å². The molecule has 1 heterocycles. The van der Waals surface area contributed by atoms with Gasteiger partial charge in [-0.1, -0.05) is 13.8 Å². The predicted molar refractivity (Wildman–Crippen MR) is 68.4 cm³/mol. The number of rotatable bonds is 5. The number of amides is 3. The van der Waals surface area contributed by atoms with Gasteiger partial charge in [0, 0.05) is 6.54 Å². The highest BCUT2D eigenvalue weighted by molar-refractivity contribution is 5.99. The molecule has 1 aromatic rings. The van der Waals surface area contributed by atoms with E-state index in [1.165, 1.54) is 0 Å². The number of carbonyl (C=O) groups is 2. The van der Waals surface area contributed by atoms with Crippen molar-refractivity contribution in [3.05, 3.63) is 5.69 Å². The number of nitrogens with two attached hydrogens (primary N) is 1. The van der Waals surface area contributed by atoms with E-state index < -0.39 is 11.9 Å². The zero-order valence-electron chi connectivity index (χ0n) is 11.0. The van der Waals surface area contributed by atoms with Gasteiger partial charge >= 0.3 is 6.03 Å². The Morgan fingerprint density at radius 2 is 2.11 bits per heavy atom. The van der Waals surface area contributed by atoms with Gasteiger partial charge in [0.15, 0.2) is 11.5 Å². The van der Waals surface area contributed by atoms with Crippen LogP contribution in [0.3, 0.4) is 0 Å². The van der Waals surface area contributed by atoms with Crippen LogP contribution in [0.1, 0.15) is 37.2 Å². The van der Waals surface area contributed by atoms with Crippen LogP contribution >= 0.6 is 0 Å². The summed E-state index contributed by atoms with van der Waals surface area (Å²) < 4.78 is 0. The van der Waals surface area contributed by atoms with Crippen LogP contribution in [-0.2, 0) is 0 Å². The smallest absolute Gasteiger partial charge is 0.320 e. The first-order valence-electron chi connectivity index (χ1n) is 6.20. The number of nitrogens with one attached hydrogen (secondary N) is 3. The third-order valence-electron chi connectivity index (χ3n) is 3.73. The Labute approximate surface area is 110 Å². The summed E-state index contributed by atoms with van der Waals surface area (Å²) in [6.45, 7) is 4.91. The summed E-state index contributed by atoms with van der Waals surface area (Å²) in [5.74, 6) is -0.176. The number of hydrogen-bond donors (Lipinski definition) is 4. The van der Waals surface area contributed by atoms with Crippen LogP contribution in [0.15, 0.2) is 0 Å². The van der Waals surface area contributed by atoms with E-state index in [0.717, 1.165) is 12.8 Å². The normalized spacial score (nSPS) is 16.2. The molecule has 19 heavy (non-hydrogen) atoms. The fourth-order valence-corrected chi connectivity index (χ4v) is 2.02. The molecule has 0 bridgehead atoms. The number of aromatic amines is 1. The number of primary amides is 1. The molecule has 1 aliphatic rings. The molecule has 3 amide bonds. The first-order chi connectivity index (χ1) is 8.94. The molecule has 8 nitrogen and oxygen atoms in total. The summed E-state index contributed by atoms with van der Waals surface area (Å²) in [5, 5.41) is 14.7. The van der Waals surface area contributed by atoms with E-state index in [1.54, 1.807) is 0 Å². The van der Waals surface area contributed by atoms with Crippen molar-refractivity contribution in [3.8, 4) is 0 Å². The number of hydrogen-bond acceptors (Lipinski definition) is 4. The second-order valence-corrected chi connectivity index (χ2v) is 5.21. The number of nitrogens with zero attached hydrogens (tertiary/aromatic N) is 2. The van der Waals surface area contributed by atoms with Gasteiger partial charge in [-0.2, -0.15) is 5.21 Å². The van der Waals surface area contributed by atoms with Crippen LogP contribution in [0.5, 0.6) is 0 Å². The van der Waals surface area contributed by atoms with E-state index >= 15 is 0 Å². The average molecular weight is 266 g/mol. The number of H-pyrrole nitrogens is 1. The van der Waals surface area contributed by atoms with Crippen LogP contribution in [-0.4, -0.2) is 33.9 Å². The van der Waals surface area contributed by atoms with Crippen molar-refractivity contribution >= 4 is 17.8 Å². The highest BCUT2D eigenvalue weighted by atomic mass is 16.2. The molecule has 0 spiro atoms. The zero-order valence-corrected chi connectivity index (χ0v) is 11.0. The Hall–Kier alpha value is -2.12. The lowest BCUT2D eigenvalue weighted by atomic mass is 9.92. The molecule has 5 N–H and O–H groups in total. The molecule has 2 rings (SSSR count). The number of urea groups is 1. The van der Waals surface area contributed by atoms with Gasteiger partial charge in [0.05, 0.1) is 0 Å². The van der Waals surface area contributed by atoms with Crippen molar-refractivity contribution in [3.63, 3.8) is 0 Å². The van der Waals surface area contributed by atoms with Crippen molar-refractivity contribution in [2.24, 2.45) is 17.1 Å². The first-order valence-corrected chi connectivity index (χ1v) is 6.20. The standard InChI is InChI=1S/C11H18N6O2/c1-6(2)11(3-4-11)5-13-10(19)14-9-7(8(12)18)15-17-16-9/h6H,3-5H2,1-2H3,(H2,12,18)(H3,13,14,15,16,17,19). The maximum Gasteiger partial charge on any atom is 0.320 e. The number of aromatic nitrogens is 3. The van der Waals surface area contributed by atoms with Crippen molar-refractivity contribution in [2.45, 2.75) is 26.7 Å². The maximum atomic E-state index is 11.7. The highest BCUT2D eigenvalue weighted by Crippen LogP contribution is 2.51. The van der Waals surface area contributed by atoms with Crippen molar-refractivity contribution in [1.82, 2.24) is 20.7 Å². The Bertz CT molecular complexity index is 491. The minimum atomic E-state index is -0.745. The molecule has 0 unspecified atom stereocenters. The SMILES string of the molecule is CC(C)C1(CNC(=O)Nc2n[nH]nc2C(N)=O)CC1. The molecule has 0 radical (unpaired) electrons. The Morgan fingerprint density at radius 1 is 1.42 bits per heavy atom. The molecule has 0 atom stereocenters. The molecule has 104 valence electrons. The van der Waals surface area contributed by atoms with Crippen LogP contribution in [0.2, 0.25) is 0 Å². The second-order valence-electron chi connectivity index (χ2n) is 5.21. The highest BCUT2D eigenvalue weighted by Gasteiger charge is 2.45. The van der Waals surface area contributed by atoms with E-state index in [2.05, 4.69) is 39.9 Å². The zero-order chi connectivity index (χ0) is 14.0. The van der Waals surface area contributed by atoms with Crippen LogP contribution in [0.4, 0.5) is 10.6 Å². The third-order valence-corrected chi connectivity index (χ3v) is 3.73. The lowest BCUT2D eigenvalue weighted by Gasteiger charge is -2.19. The van der Waals surface area contributed by atoms with E-state index in [9.17, 15) is 9.59 Å². The van der Waals surface area contributed by atoms with Gasteiger partial charge in [-0.15, -0.1) is 10.2 Å². The molecule has 1 aliphatic carbocycles. The minimum absolute atomic E-state index is 0.0411. The summed E-state index contributed by atoms with van der Waals surface area (Å²) in [6, 6.07) is -0.414. The molecule has 8 heteroatoms. The molecule has 0 aromatic carbocycles. The third kappa shape index (κ3) is 2.83. The Balaban J connectivity index is 1.88. The Kier molecular flexibility index (Phi) is 3.41. The van der Waals surface area contributed by atoms with Crippen LogP contribution in [0, 0.1) is 11.3 Å². The van der Waals surface area contributed by atoms with Crippen molar-refractivity contribution < 1.29 is 9.59 Å². The molecule has 0 aliphatic heterocycles. The van der Waals surface area contributed by atoms with Gasteiger partial charge in [-0.3, -0.25) is 10.1 Å². The number of carbonyl (C=O) groups excluding carboxylic acids is 2. The summed E-state index contributed by atoms with van der Waals surface area (Å²) in [6.07, 6.45) is 2.25. The quantitative estimate of drug-likeness (QED) is 0.617. The molecule has 1 aromatic heterocycles. The number of anilines is 1. The molecule has 0 saturated heterocycles. The minimum Gasteiger partial charge on any atom is -0.364 e. The van der Waals surface area contributed by atoms with Gasteiger partial charge in [0.1, 0.15) is 0 Å². The molecular formula is C11H18N6O2. The van der Waals surface area contributed by atoms with Crippen molar-refractivity contribution in [1.29, 1.82) is 0 Å². The van der Waals surface area contributed by atoms with Gasteiger partial charge in [0.2, 0.25) is 0 Å². The molecular weight excluding hydrogens is 248 g/mol. The topological polar surface area (TPSA) is 126 Å². The Morgan fingerprint density at radius 3 is 2.63 bits per heavy atom. The summed E-state index contributed by atoms with van der Waals surface area (Å²) >= 11 is 0. The van der Waals surface area contributed by atoms with Crippen LogP contribution < -0.4 is 16.4 Å². The van der Waals surface area contributed by atoms with E-state index in [0.29, 0.717) is 12.5 Å². The van der Waals surface area contributed by atoms with E-state index in [-0.39, 0.29) is 16.9 Å². The van der Waals surface area contributed by atoms with Crippen LogP contribution in [0.25, 0.3) is 0 Å². The van der Waals surface area contributed by atoms with E-state index in [1.807, 2.05) is 0 Å². The molecule has 1 fully saturated rings. The average Bonchev–Trinajstić information content (AvgIpc) is 3.00. The first kappa shape index (κ1) is 13.3. The van der Waals surface area contributed by atoms with Gasteiger partial charge in [-0.05, 0) is 24.2 Å². The fraction of sp³-hybridized carbons (Fsp3) is 0.636. The van der Waals surface area contributed by atoms with Gasteiger partial charge in [0.25, 0.3) is 5.91 Å². The lowest BCUT2D eigenvalue weighted by molar-refractivity contribution is 0.0996. The summed E-state index contributed by atoms with van der Waals surface area (Å²) in [5.41, 5.74) is 5.23.